The standard InChI is InChI=1S/C14H17N3O2S/c1-15-11(18)6-7-17-8-16-13-12(14(17)19)9-4-2-3-5-10(9)20-13/h8H,2-7H2,1H3,(H,15,18). The number of nitrogens with zero attached hydrogens (tertiary/aromatic N) is 2. The van der Waals surface area contributed by atoms with Crippen LogP contribution in [0.25, 0.3) is 10.2 Å². The van der Waals surface area contributed by atoms with Crippen LogP contribution in [0, 0.1) is 0 Å². The van der Waals surface area contributed by atoms with E-state index in [-0.39, 0.29) is 11.5 Å². The average Bonchev–Trinajstić information content (AvgIpc) is 2.85. The summed E-state index contributed by atoms with van der Waals surface area (Å²) in [6.07, 6.45) is 6.25. The summed E-state index contributed by atoms with van der Waals surface area (Å²) in [7, 11) is 1.60. The van der Waals surface area contributed by atoms with Crippen molar-refractivity contribution in [3.8, 4) is 0 Å². The molecule has 2 aromatic rings. The van der Waals surface area contributed by atoms with Gasteiger partial charge in [0.05, 0.1) is 11.7 Å². The second kappa shape index (κ2) is 5.36. The Labute approximate surface area is 120 Å². The minimum atomic E-state index is -0.0654. The highest BCUT2D eigenvalue weighted by atomic mass is 32.1. The molecule has 0 fully saturated rings. The third-order valence-electron chi connectivity index (χ3n) is 3.80. The van der Waals surface area contributed by atoms with E-state index >= 15 is 0 Å². The number of amides is 1. The van der Waals surface area contributed by atoms with Gasteiger partial charge in [0.2, 0.25) is 5.91 Å². The summed E-state index contributed by atoms with van der Waals surface area (Å²) in [5.74, 6) is -0.0654. The zero-order valence-electron chi connectivity index (χ0n) is 11.4. The Bertz CT molecular complexity index is 717. The summed E-state index contributed by atoms with van der Waals surface area (Å²) in [4.78, 5) is 30.4. The maximum absolute atomic E-state index is 12.6. The molecule has 1 aliphatic rings. The third kappa shape index (κ3) is 2.24. The molecule has 0 aliphatic heterocycles. The molecule has 1 aliphatic carbocycles. The van der Waals surface area contributed by atoms with E-state index in [1.54, 1.807) is 29.3 Å². The van der Waals surface area contributed by atoms with Gasteiger partial charge >= 0.3 is 0 Å². The number of aryl methyl sites for hydroxylation is 3. The van der Waals surface area contributed by atoms with Gasteiger partial charge in [0.15, 0.2) is 0 Å². The van der Waals surface area contributed by atoms with E-state index in [0.717, 1.165) is 29.5 Å². The van der Waals surface area contributed by atoms with Crippen LogP contribution >= 0.6 is 11.3 Å². The van der Waals surface area contributed by atoms with Crippen molar-refractivity contribution in [2.24, 2.45) is 0 Å². The van der Waals surface area contributed by atoms with Crippen LogP contribution in [-0.2, 0) is 24.2 Å². The SMILES string of the molecule is CNC(=O)CCn1cnc2sc3c(c2c1=O)CCCC3. The molecule has 106 valence electrons. The fraction of sp³-hybridized carbons (Fsp3) is 0.500. The number of thiophene rings is 1. The molecule has 6 heteroatoms. The predicted octanol–water partition coefficient (Wildman–Crippen LogP) is 1.47. The first-order chi connectivity index (χ1) is 9.70. The molecule has 0 saturated carbocycles. The van der Waals surface area contributed by atoms with E-state index in [1.165, 1.54) is 16.9 Å². The van der Waals surface area contributed by atoms with Gasteiger partial charge in [0, 0.05) is 24.9 Å². The molecule has 2 heterocycles. The van der Waals surface area contributed by atoms with E-state index in [0.29, 0.717) is 13.0 Å². The largest absolute Gasteiger partial charge is 0.359 e. The highest BCUT2D eigenvalue weighted by Crippen LogP contribution is 2.33. The topological polar surface area (TPSA) is 64.0 Å². The van der Waals surface area contributed by atoms with Crippen molar-refractivity contribution in [1.29, 1.82) is 0 Å². The Balaban J connectivity index is 2.01. The lowest BCUT2D eigenvalue weighted by Crippen LogP contribution is -2.25. The molecule has 0 saturated heterocycles. The van der Waals surface area contributed by atoms with Gasteiger partial charge in [-0.15, -0.1) is 11.3 Å². The molecule has 20 heavy (non-hydrogen) atoms. The smallest absolute Gasteiger partial charge is 0.262 e. The number of nitrogens with one attached hydrogen (secondary N) is 1. The van der Waals surface area contributed by atoms with Crippen LogP contribution in [0.3, 0.4) is 0 Å². The lowest BCUT2D eigenvalue weighted by Gasteiger charge is -2.10. The van der Waals surface area contributed by atoms with Crippen LogP contribution in [0.5, 0.6) is 0 Å². The van der Waals surface area contributed by atoms with Crippen molar-refractivity contribution in [3.63, 3.8) is 0 Å². The zero-order valence-corrected chi connectivity index (χ0v) is 12.3. The summed E-state index contributed by atoms with van der Waals surface area (Å²) in [6, 6.07) is 0. The van der Waals surface area contributed by atoms with Gasteiger partial charge in [-0.3, -0.25) is 14.2 Å². The molecule has 5 nitrogen and oxygen atoms in total. The Morgan fingerprint density at radius 2 is 2.25 bits per heavy atom. The quantitative estimate of drug-likeness (QED) is 0.931. The number of aromatic nitrogens is 2. The number of rotatable bonds is 3. The summed E-state index contributed by atoms with van der Waals surface area (Å²) < 4.78 is 1.55. The van der Waals surface area contributed by atoms with Gasteiger partial charge in [-0.25, -0.2) is 4.98 Å². The summed E-state index contributed by atoms with van der Waals surface area (Å²) in [5.41, 5.74) is 1.20. The van der Waals surface area contributed by atoms with E-state index < -0.39 is 0 Å². The Hall–Kier alpha value is -1.69. The fourth-order valence-electron chi connectivity index (χ4n) is 2.69. The molecule has 0 unspecified atom stereocenters. The van der Waals surface area contributed by atoms with E-state index in [9.17, 15) is 9.59 Å². The van der Waals surface area contributed by atoms with Crippen molar-refractivity contribution < 1.29 is 4.79 Å². The van der Waals surface area contributed by atoms with Crippen LogP contribution < -0.4 is 10.9 Å². The van der Waals surface area contributed by atoms with Crippen LogP contribution in [0.4, 0.5) is 0 Å². The van der Waals surface area contributed by atoms with Crippen LogP contribution in [0.1, 0.15) is 29.7 Å². The maximum Gasteiger partial charge on any atom is 0.262 e. The minimum Gasteiger partial charge on any atom is -0.359 e. The van der Waals surface area contributed by atoms with Crippen molar-refractivity contribution in [2.75, 3.05) is 7.05 Å². The Morgan fingerprint density at radius 3 is 3.05 bits per heavy atom. The number of carbonyl (C=O) groups is 1. The van der Waals surface area contributed by atoms with Crippen molar-refractivity contribution in [1.82, 2.24) is 14.9 Å². The molecule has 1 N–H and O–H groups in total. The van der Waals surface area contributed by atoms with Gasteiger partial charge in [0.25, 0.3) is 5.56 Å². The highest BCUT2D eigenvalue weighted by Gasteiger charge is 2.19. The zero-order chi connectivity index (χ0) is 14.1. The summed E-state index contributed by atoms with van der Waals surface area (Å²) in [6.45, 7) is 0.381. The fourth-order valence-corrected chi connectivity index (χ4v) is 3.91. The second-order valence-electron chi connectivity index (χ2n) is 5.06. The molecule has 3 rings (SSSR count). The van der Waals surface area contributed by atoms with Crippen molar-refractivity contribution >= 4 is 27.5 Å². The van der Waals surface area contributed by atoms with E-state index in [1.807, 2.05) is 0 Å². The monoisotopic (exact) mass is 291 g/mol. The van der Waals surface area contributed by atoms with Crippen LogP contribution in [0.15, 0.2) is 11.1 Å². The lowest BCUT2D eigenvalue weighted by atomic mass is 9.97. The molecule has 0 aromatic carbocycles. The molecule has 0 atom stereocenters. The molecule has 0 radical (unpaired) electrons. The van der Waals surface area contributed by atoms with E-state index in [4.69, 9.17) is 0 Å². The molecule has 2 aromatic heterocycles. The van der Waals surface area contributed by atoms with Gasteiger partial charge in [0.1, 0.15) is 4.83 Å². The average molecular weight is 291 g/mol. The summed E-state index contributed by atoms with van der Waals surface area (Å²) in [5, 5.41) is 3.35. The van der Waals surface area contributed by atoms with Gasteiger partial charge in [-0.1, -0.05) is 0 Å². The summed E-state index contributed by atoms with van der Waals surface area (Å²) >= 11 is 1.65. The van der Waals surface area contributed by atoms with Crippen LogP contribution in [0.2, 0.25) is 0 Å². The number of fused-ring (bicyclic) bond motifs is 3. The normalized spacial score (nSPS) is 14.2. The molecular formula is C14H17N3O2S. The lowest BCUT2D eigenvalue weighted by molar-refractivity contribution is -0.120. The molecule has 0 spiro atoms. The third-order valence-corrected chi connectivity index (χ3v) is 5.00. The first-order valence-corrected chi connectivity index (χ1v) is 7.72. The first kappa shape index (κ1) is 13.3. The molecule has 0 bridgehead atoms. The van der Waals surface area contributed by atoms with Crippen LogP contribution in [-0.4, -0.2) is 22.5 Å². The van der Waals surface area contributed by atoms with Crippen molar-refractivity contribution in [3.05, 3.63) is 27.1 Å². The Morgan fingerprint density at radius 1 is 1.45 bits per heavy atom. The molecular weight excluding hydrogens is 274 g/mol. The first-order valence-electron chi connectivity index (χ1n) is 6.91. The number of hydrogen-bond acceptors (Lipinski definition) is 4. The number of carbonyl (C=O) groups excluding carboxylic acids is 1. The second-order valence-corrected chi connectivity index (χ2v) is 6.14. The predicted molar refractivity (Wildman–Crippen MR) is 79.2 cm³/mol. The van der Waals surface area contributed by atoms with Gasteiger partial charge in [-0.2, -0.15) is 0 Å². The van der Waals surface area contributed by atoms with Gasteiger partial charge < -0.3 is 5.32 Å². The number of hydrogen-bond donors (Lipinski definition) is 1. The maximum atomic E-state index is 12.6. The van der Waals surface area contributed by atoms with Crippen molar-refractivity contribution in [2.45, 2.75) is 38.6 Å². The van der Waals surface area contributed by atoms with Gasteiger partial charge in [-0.05, 0) is 31.2 Å². The minimum absolute atomic E-state index is 0.00157. The molecule has 1 amide bonds. The Kier molecular flexibility index (Phi) is 3.56. The highest BCUT2D eigenvalue weighted by molar-refractivity contribution is 7.18. The van der Waals surface area contributed by atoms with E-state index in [2.05, 4.69) is 10.3 Å².